The third-order valence-corrected chi connectivity index (χ3v) is 7.30. The lowest BCUT2D eigenvalue weighted by molar-refractivity contribution is -0.385. The third-order valence-electron chi connectivity index (χ3n) is 7.30. The van der Waals surface area contributed by atoms with Gasteiger partial charge in [-0.05, 0) is 89.8 Å². The summed E-state index contributed by atoms with van der Waals surface area (Å²) in [4.78, 5) is 13.9. The van der Waals surface area contributed by atoms with Gasteiger partial charge < -0.3 is 4.74 Å². The van der Waals surface area contributed by atoms with E-state index in [9.17, 15) is 10.1 Å². The summed E-state index contributed by atoms with van der Waals surface area (Å²) >= 11 is 0. The maximum atomic E-state index is 11.4. The topological polar surface area (TPSA) is 55.6 Å². The van der Waals surface area contributed by atoms with E-state index in [-0.39, 0.29) is 10.6 Å². The van der Waals surface area contributed by atoms with Gasteiger partial charge in [0.05, 0.1) is 11.0 Å². The Hall–Kier alpha value is -1.46. The lowest BCUT2D eigenvalue weighted by Gasteiger charge is -2.50. The van der Waals surface area contributed by atoms with Gasteiger partial charge in [-0.3, -0.25) is 15.0 Å². The SMILES string of the molecule is CCCOC1CCC(CC)(N2CCC(Cc3cc(C)ccc3[N+](=O)[O-])CC2)CC1. The number of hydrogen-bond acceptors (Lipinski definition) is 4. The molecule has 0 amide bonds. The van der Waals surface area contributed by atoms with Crippen LogP contribution < -0.4 is 0 Å². The molecule has 3 rings (SSSR count). The predicted molar refractivity (Wildman–Crippen MR) is 117 cm³/mol. The van der Waals surface area contributed by atoms with E-state index in [0.717, 1.165) is 56.5 Å². The first-order chi connectivity index (χ1) is 14.0. The number of benzene rings is 1. The highest BCUT2D eigenvalue weighted by Gasteiger charge is 2.40. The Balaban J connectivity index is 1.56. The largest absolute Gasteiger partial charge is 0.378 e. The molecule has 1 saturated heterocycles. The zero-order chi connectivity index (χ0) is 20.9. The van der Waals surface area contributed by atoms with Crippen LogP contribution in [-0.4, -0.2) is 41.2 Å². The average Bonchev–Trinajstić information content (AvgIpc) is 2.73. The Kier molecular flexibility index (Phi) is 7.69. The number of piperidine rings is 1. The van der Waals surface area contributed by atoms with Crippen LogP contribution in [0.15, 0.2) is 18.2 Å². The molecule has 1 aromatic rings. The van der Waals surface area contributed by atoms with Gasteiger partial charge in [-0.1, -0.05) is 25.5 Å². The molecule has 0 aromatic heterocycles. The van der Waals surface area contributed by atoms with E-state index < -0.39 is 0 Å². The number of aryl methyl sites for hydroxylation is 1. The van der Waals surface area contributed by atoms with Crippen LogP contribution in [-0.2, 0) is 11.2 Å². The second-order valence-electron chi connectivity index (χ2n) is 9.17. The van der Waals surface area contributed by atoms with Gasteiger partial charge in [-0.2, -0.15) is 0 Å². The van der Waals surface area contributed by atoms with Crippen molar-refractivity contribution in [2.75, 3.05) is 19.7 Å². The first-order valence-electron chi connectivity index (χ1n) is 11.6. The summed E-state index contributed by atoms with van der Waals surface area (Å²) in [7, 11) is 0. The zero-order valence-corrected chi connectivity index (χ0v) is 18.5. The van der Waals surface area contributed by atoms with Crippen LogP contribution in [0.4, 0.5) is 5.69 Å². The van der Waals surface area contributed by atoms with Crippen LogP contribution in [0, 0.1) is 23.0 Å². The Labute approximate surface area is 176 Å². The molecule has 1 saturated carbocycles. The van der Waals surface area contributed by atoms with Crippen molar-refractivity contribution in [3.05, 3.63) is 39.4 Å². The lowest BCUT2D eigenvalue weighted by atomic mass is 9.75. The van der Waals surface area contributed by atoms with Crippen LogP contribution in [0.5, 0.6) is 0 Å². The first-order valence-corrected chi connectivity index (χ1v) is 11.6. The molecular formula is C24H38N2O3. The number of nitrogens with zero attached hydrogens (tertiary/aromatic N) is 2. The van der Waals surface area contributed by atoms with Crippen LogP contribution in [0.2, 0.25) is 0 Å². The molecule has 0 unspecified atom stereocenters. The van der Waals surface area contributed by atoms with Gasteiger partial charge in [0.1, 0.15) is 0 Å². The molecule has 0 atom stereocenters. The minimum atomic E-state index is -0.227. The lowest BCUT2D eigenvalue weighted by Crippen LogP contribution is -2.54. The fourth-order valence-electron chi connectivity index (χ4n) is 5.45. The van der Waals surface area contributed by atoms with Gasteiger partial charge in [-0.15, -0.1) is 0 Å². The van der Waals surface area contributed by atoms with Crippen molar-refractivity contribution >= 4 is 5.69 Å². The second kappa shape index (κ2) is 10.0. The van der Waals surface area contributed by atoms with Crippen LogP contribution in [0.25, 0.3) is 0 Å². The van der Waals surface area contributed by atoms with E-state index in [2.05, 4.69) is 18.7 Å². The monoisotopic (exact) mass is 402 g/mol. The van der Waals surface area contributed by atoms with Gasteiger partial charge >= 0.3 is 0 Å². The van der Waals surface area contributed by atoms with Crippen LogP contribution >= 0.6 is 0 Å². The molecule has 5 heteroatoms. The Morgan fingerprint density at radius 1 is 1.17 bits per heavy atom. The minimum absolute atomic E-state index is 0.227. The van der Waals surface area contributed by atoms with Crippen molar-refractivity contribution in [1.82, 2.24) is 4.90 Å². The smallest absolute Gasteiger partial charge is 0.272 e. The third kappa shape index (κ3) is 5.37. The molecule has 0 N–H and O–H groups in total. The van der Waals surface area contributed by atoms with Gasteiger partial charge in [0.2, 0.25) is 0 Å². The summed E-state index contributed by atoms with van der Waals surface area (Å²) in [5, 5.41) is 11.4. The molecule has 5 nitrogen and oxygen atoms in total. The predicted octanol–water partition coefficient (Wildman–Crippen LogP) is 5.68. The maximum absolute atomic E-state index is 11.4. The highest BCUT2D eigenvalue weighted by molar-refractivity contribution is 5.42. The molecule has 1 heterocycles. The highest BCUT2D eigenvalue weighted by atomic mass is 16.6. The van der Waals surface area contributed by atoms with E-state index in [1.807, 2.05) is 19.1 Å². The van der Waals surface area contributed by atoms with Crippen molar-refractivity contribution < 1.29 is 9.66 Å². The summed E-state index contributed by atoms with van der Waals surface area (Å²) in [5.74, 6) is 0.546. The Morgan fingerprint density at radius 3 is 2.45 bits per heavy atom. The second-order valence-corrected chi connectivity index (χ2v) is 9.17. The maximum Gasteiger partial charge on any atom is 0.272 e. The van der Waals surface area contributed by atoms with Crippen molar-refractivity contribution in [1.29, 1.82) is 0 Å². The number of likely N-dealkylation sites (tertiary alicyclic amines) is 1. The van der Waals surface area contributed by atoms with E-state index in [4.69, 9.17) is 4.74 Å². The van der Waals surface area contributed by atoms with Gasteiger partial charge in [0, 0.05) is 23.8 Å². The summed E-state index contributed by atoms with van der Waals surface area (Å²) in [5.41, 5.74) is 2.64. The molecule has 0 radical (unpaired) electrons. The van der Waals surface area contributed by atoms with E-state index in [1.165, 1.54) is 32.1 Å². The summed E-state index contributed by atoms with van der Waals surface area (Å²) in [6.07, 6.45) is 10.7. The molecular weight excluding hydrogens is 364 g/mol. The normalized spacial score (nSPS) is 26.5. The van der Waals surface area contributed by atoms with E-state index >= 15 is 0 Å². The molecule has 0 bridgehead atoms. The Bertz CT molecular complexity index is 675. The fraction of sp³-hybridized carbons (Fsp3) is 0.750. The van der Waals surface area contributed by atoms with Crippen molar-refractivity contribution in [3.63, 3.8) is 0 Å². The molecule has 29 heavy (non-hydrogen) atoms. The molecule has 1 aliphatic heterocycles. The highest BCUT2D eigenvalue weighted by Crippen LogP contribution is 2.40. The van der Waals surface area contributed by atoms with Crippen molar-refractivity contribution in [2.45, 2.75) is 90.2 Å². The molecule has 2 aliphatic rings. The van der Waals surface area contributed by atoms with Gasteiger partial charge in [0.15, 0.2) is 0 Å². The van der Waals surface area contributed by atoms with Crippen molar-refractivity contribution in [2.24, 2.45) is 5.92 Å². The van der Waals surface area contributed by atoms with E-state index in [1.54, 1.807) is 6.07 Å². The number of ether oxygens (including phenoxy) is 1. The average molecular weight is 403 g/mol. The van der Waals surface area contributed by atoms with Crippen LogP contribution in [0.1, 0.15) is 76.3 Å². The first kappa shape index (κ1) is 22.2. The number of nitro groups is 1. The fourth-order valence-corrected chi connectivity index (χ4v) is 5.45. The minimum Gasteiger partial charge on any atom is -0.378 e. The zero-order valence-electron chi connectivity index (χ0n) is 18.5. The summed E-state index contributed by atoms with van der Waals surface area (Å²) in [6, 6.07) is 5.52. The number of nitro benzene ring substituents is 1. The number of rotatable bonds is 8. The Morgan fingerprint density at radius 2 is 1.86 bits per heavy atom. The molecule has 0 spiro atoms. The van der Waals surface area contributed by atoms with Gasteiger partial charge in [0.25, 0.3) is 5.69 Å². The quantitative estimate of drug-likeness (QED) is 0.415. The molecule has 162 valence electrons. The molecule has 1 aliphatic carbocycles. The number of hydrogen-bond donors (Lipinski definition) is 0. The summed E-state index contributed by atoms with van der Waals surface area (Å²) < 4.78 is 6.01. The van der Waals surface area contributed by atoms with Crippen LogP contribution in [0.3, 0.4) is 0 Å². The van der Waals surface area contributed by atoms with Gasteiger partial charge in [-0.25, -0.2) is 0 Å². The molecule has 1 aromatic carbocycles. The standard InChI is InChI=1S/C24H38N2O3/c1-4-16-29-22-8-12-24(5-2,13-9-22)25-14-10-20(11-15-25)18-21-17-19(3)6-7-23(21)26(27)28/h6-7,17,20,22H,4-5,8-16,18H2,1-3H3. The summed E-state index contributed by atoms with van der Waals surface area (Å²) in [6.45, 7) is 9.67. The van der Waals surface area contributed by atoms with E-state index in [0.29, 0.717) is 17.6 Å². The van der Waals surface area contributed by atoms with Crippen molar-refractivity contribution in [3.8, 4) is 0 Å². The molecule has 2 fully saturated rings.